The molecule has 4 nitrogen and oxygen atoms in total. The maximum atomic E-state index is 12.9. The molecule has 0 bridgehead atoms. The molecule has 1 heterocycles. The van der Waals surface area contributed by atoms with Crippen LogP contribution in [0.2, 0.25) is 10.0 Å². The van der Waals surface area contributed by atoms with Gasteiger partial charge in [-0.3, -0.25) is 9.59 Å². The van der Waals surface area contributed by atoms with Crippen LogP contribution in [0.25, 0.3) is 0 Å². The summed E-state index contributed by atoms with van der Waals surface area (Å²) in [6, 6.07) is 11.6. The molecule has 6 heteroatoms. The largest absolute Gasteiger partial charge is 0.353 e. The molecule has 25 heavy (non-hydrogen) atoms. The number of nitrogens with one attached hydrogen (secondary N) is 2. The van der Waals surface area contributed by atoms with Crippen molar-refractivity contribution in [1.29, 1.82) is 0 Å². The summed E-state index contributed by atoms with van der Waals surface area (Å²) in [5.41, 5.74) is 1.87. The third-order valence-electron chi connectivity index (χ3n) is 4.17. The second-order valence-electron chi connectivity index (χ2n) is 6.35. The highest BCUT2D eigenvalue weighted by Crippen LogP contribution is 2.40. The van der Waals surface area contributed by atoms with Crippen LogP contribution in [0.3, 0.4) is 0 Å². The SMILES string of the molecule is CC(C)NC(=O)[C@@H]1c2ccccc2C(=O)N[C@H]1c1ccc(Cl)cc1Cl. The molecule has 0 radical (unpaired) electrons. The van der Waals surface area contributed by atoms with Crippen LogP contribution >= 0.6 is 23.2 Å². The summed E-state index contributed by atoms with van der Waals surface area (Å²) in [5.74, 6) is -0.950. The molecular formula is C19H18Cl2N2O2. The van der Waals surface area contributed by atoms with Gasteiger partial charge in [-0.05, 0) is 43.2 Å². The maximum absolute atomic E-state index is 12.9. The van der Waals surface area contributed by atoms with E-state index in [-0.39, 0.29) is 17.9 Å². The number of hydrogen-bond donors (Lipinski definition) is 2. The third-order valence-corrected chi connectivity index (χ3v) is 4.73. The van der Waals surface area contributed by atoms with Gasteiger partial charge in [-0.25, -0.2) is 0 Å². The van der Waals surface area contributed by atoms with Crippen molar-refractivity contribution in [3.05, 3.63) is 69.2 Å². The Hall–Kier alpha value is -2.04. The topological polar surface area (TPSA) is 58.2 Å². The van der Waals surface area contributed by atoms with Crippen molar-refractivity contribution in [2.75, 3.05) is 0 Å². The van der Waals surface area contributed by atoms with Crippen molar-refractivity contribution >= 4 is 35.0 Å². The Kier molecular flexibility index (Phi) is 5.02. The molecule has 0 saturated carbocycles. The number of rotatable bonds is 3. The Balaban J connectivity index is 2.12. The minimum absolute atomic E-state index is 0.0152. The number of fused-ring (bicyclic) bond motifs is 1. The Morgan fingerprint density at radius 3 is 2.52 bits per heavy atom. The van der Waals surface area contributed by atoms with Crippen LogP contribution in [-0.4, -0.2) is 17.9 Å². The van der Waals surface area contributed by atoms with E-state index < -0.39 is 12.0 Å². The monoisotopic (exact) mass is 376 g/mol. The number of amides is 2. The van der Waals surface area contributed by atoms with Crippen LogP contribution in [0.5, 0.6) is 0 Å². The van der Waals surface area contributed by atoms with Crippen molar-refractivity contribution < 1.29 is 9.59 Å². The minimum Gasteiger partial charge on any atom is -0.353 e. The summed E-state index contributed by atoms with van der Waals surface area (Å²) in [5, 5.41) is 6.78. The van der Waals surface area contributed by atoms with E-state index in [1.54, 1.807) is 30.3 Å². The van der Waals surface area contributed by atoms with Gasteiger partial charge in [0, 0.05) is 21.7 Å². The summed E-state index contributed by atoms with van der Waals surface area (Å²) in [6.07, 6.45) is 0. The average Bonchev–Trinajstić information content (AvgIpc) is 2.54. The predicted molar refractivity (Wildman–Crippen MR) is 99.1 cm³/mol. The lowest BCUT2D eigenvalue weighted by molar-refractivity contribution is -0.123. The van der Waals surface area contributed by atoms with Crippen LogP contribution in [-0.2, 0) is 4.79 Å². The number of benzene rings is 2. The lowest BCUT2D eigenvalue weighted by Gasteiger charge is -2.34. The van der Waals surface area contributed by atoms with Gasteiger partial charge in [0.1, 0.15) is 0 Å². The van der Waals surface area contributed by atoms with Gasteiger partial charge < -0.3 is 10.6 Å². The van der Waals surface area contributed by atoms with Crippen LogP contribution < -0.4 is 10.6 Å². The van der Waals surface area contributed by atoms with Gasteiger partial charge in [0.05, 0.1) is 12.0 Å². The zero-order valence-electron chi connectivity index (χ0n) is 13.8. The van der Waals surface area contributed by atoms with Crippen LogP contribution in [0.15, 0.2) is 42.5 Å². The fourth-order valence-electron chi connectivity index (χ4n) is 3.13. The van der Waals surface area contributed by atoms with E-state index in [9.17, 15) is 9.59 Å². The molecule has 2 aromatic rings. The van der Waals surface area contributed by atoms with Crippen LogP contribution in [0.4, 0.5) is 0 Å². The summed E-state index contributed by atoms with van der Waals surface area (Å²) >= 11 is 12.3. The summed E-state index contributed by atoms with van der Waals surface area (Å²) in [6.45, 7) is 3.80. The molecular weight excluding hydrogens is 359 g/mol. The molecule has 0 aromatic heterocycles. The van der Waals surface area contributed by atoms with Crippen LogP contribution in [0, 0.1) is 0 Å². The number of halogens is 2. The Bertz CT molecular complexity index is 836. The molecule has 3 rings (SSSR count). The second kappa shape index (κ2) is 7.06. The van der Waals surface area contributed by atoms with Gasteiger partial charge in [-0.1, -0.05) is 47.5 Å². The molecule has 1 aliphatic heterocycles. The molecule has 1 aliphatic rings. The summed E-state index contributed by atoms with van der Waals surface area (Å²) in [4.78, 5) is 25.4. The second-order valence-corrected chi connectivity index (χ2v) is 7.19. The molecule has 0 unspecified atom stereocenters. The Morgan fingerprint density at radius 2 is 1.84 bits per heavy atom. The molecule has 130 valence electrons. The van der Waals surface area contributed by atoms with Crippen LogP contribution in [0.1, 0.15) is 47.3 Å². The Labute approximate surface area is 156 Å². The first-order chi connectivity index (χ1) is 11.9. The standard InChI is InChI=1S/C19H18Cl2N2O2/c1-10(2)22-19(25)16-12-5-3-4-6-13(12)18(24)23-17(16)14-8-7-11(20)9-15(14)21/h3-10,16-17H,1-2H3,(H,22,25)(H,23,24)/t16-,17+/m1/s1. The molecule has 2 aromatic carbocycles. The van der Waals surface area contributed by atoms with Crippen molar-refractivity contribution in [3.63, 3.8) is 0 Å². The predicted octanol–water partition coefficient (Wildman–Crippen LogP) is 4.09. The fourth-order valence-corrected chi connectivity index (χ4v) is 3.66. The normalized spacial score (nSPS) is 19.3. The van der Waals surface area contributed by atoms with Gasteiger partial charge >= 0.3 is 0 Å². The molecule has 0 saturated heterocycles. The highest BCUT2D eigenvalue weighted by Gasteiger charge is 2.39. The highest BCUT2D eigenvalue weighted by molar-refractivity contribution is 6.35. The van der Waals surface area contributed by atoms with Gasteiger partial charge in [-0.2, -0.15) is 0 Å². The number of carbonyl (C=O) groups is 2. The van der Waals surface area contributed by atoms with Crippen molar-refractivity contribution in [1.82, 2.24) is 10.6 Å². The molecule has 0 aliphatic carbocycles. The average molecular weight is 377 g/mol. The fraction of sp³-hybridized carbons (Fsp3) is 0.263. The van der Waals surface area contributed by atoms with Gasteiger partial charge in [0.15, 0.2) is 0 Å². The number of hydrogen-bond acceptors (Lipinski definition) is 2. The van der Waals surface area contributed by atoms with E-state index in [1.807, 2.05) is 26.0 Å². The van der Waals surface area contributed by atoms with E-state index in [1.165, 1.54) is 0 Å². The number of carbonyl (C=O) groups excluding carboxylic acids is 2. The van der Waals surface area contributed by atoms with Gasteiger partial charge in [-0.15, -0.1) is 0 Å². The van der Waals surface area contributed by atoms with Crippen molar-refractivity contribution in [3.8, 4) is 0 Å². The van der Waals surface area contributed by atoms with Gasteiger partial charge in [0.2, 0.25) is 5.91 Å². The van der Waals surface area contributed by atoms with E-state index in [4.69, 9.17) is 23.2 Å². The quantitative estimate of drug-likeness (QED) is 0.847. The third kappa shape index (κ3) is 3.51. The lowest BCUT2D eigenvalue weighted by atomic mass is 9.80. The lowest BCUT2D eigenvalue weighted by Crippen LogP contribution is -2.46. The molecule has 2 N–H and O–H groups in total. The van der Waals surface area contributed by atoms with Gasteiger partial charge in [0.25, 0.3) is 5.91 Å². The smallest absolute Gasteiger partial charge is 0.252 e. The first kappa shape index (κ1) is 17.8. The van der Waals surface area contributed by atoms with E-state index in [0.717, 1.165) is 0 Å². The first-order valence-electron chi connectivity index (χ1n) is 8.03. The zero-order chi connectivity index (χ0) is 18.1. The van der Waals surface area contributed by atoms with E-state index >= 15 is 0 Å². The maximum Gasteiger partial charge on any atom is 0.252 e. The molecule has 2 amide bonds. The van der Waals surface area contributed by atoms with E-state index in [0.29, 0.717) is 26.7 Å². The molecule has 0 spiro atoms. The minimum atomic E-state index is -0.574. The summed E-state index contributed by atoms with van der Waals surface area (Å²) in [7, 11) is 0. The first-order valence-corrected chi connectivity index (χ1v) is 8.79. The Morgan fingerprint density at radius 1 is 1.12 bits per heavy atom. The zero-order valence-corrected chi connectivity index (χ0v) is 15.4. The molecule has 2 atom stereocenters. The van der Waals surface area contributed by atoms with Crippen molar-refractivity contribution in [2.45, 2.75) is 31.8 Å². The van der Waals surface area contributed by atoms with Crippen molar-refractivity contribution in [2.24, 2.45) is 0 Å². The summed E-state index contributed by atoms with van der Waals surface area (Å²) < 4.78 is 0. The molecule has 0 fully saturated rings. The van der Waals surface area contributed by atoms with E-state index in [2.05, 4.69) is 10.6 Å². The highest BCUT2D eigenvalue weighted by atomic mass is 35.5.